The maximum absolute atomic E-state index is 12.8. The molecule has 2 aromatic carbocycles. The van der Waals surface area contributed by atoms with Crippen LogP contribution in [0.4, 0.5) is 10.1 Å². The van der Waals surface area contributed by atoms with Gasteiger partial charge in [-0.05, 0) is 55.9 Å². The number of anilines is 1. The van der Waals surface area contributed by atoms with E-state index in [1.165, 1.54) is 24.3 Å². The molecule has 1 unspecified atom stereocenters. The van der Waals surface area contributed by atoms with Crippen LogP contribution in [0.2, 0.25) is 0 Å². The molecule has 1 atom stereocenters. The molecular weight excluding hydrogens is 255 g/mol. The molecule has 20 heavy (non-hydrogen) atoms. The number of benzene rings is 2. The highest BCUT2D eigenvalue weighted by molar-refractivity contribution is 6.04. The largest absolute Gasteiger partial charge is 0.322 e. The van der Waals surface area contributed by atoms with Gasteiger partial charge in [-0.1, -0.05) is 12.1 Å². The van der Waals surface area contributed by atoms with Crippen LogP contribution in [0.25, 0.3) is 0 Å². The average molecular weight is 272 g/mol. The van der Waals surface area contributed by atoms with Gasteiger partial charge in [0.05, 0.1) is 0 Å². The van der Waals surface area contributed by atoms with Gasteiger partial charge in [-0.15, -0.1) is 0 Å². The van der Waals surface area contributed by atoms with Gasteiger partial charge in [0.1, 0.15) is 5.82 Å². The van der Waals surface area contributed by atoms with E-state index < -0.39 is 0 Å². The summed E-state index contributed by atoms with van der Waals surface area (Å²) in [5.41, 5.74) is 2.24. The second-order valence-electron chi connectivity index (χ2n) is 4.60. The Morgan fingerprint density at radius 3 is 2.50 bits per heavy atom. The number of rotatable bonds is 4. The first-order valence-electron chi connectivity index (χ1n) is 6.44. The summed E-state index contributed by atoms with van der Waals surface area (Å²) in [6.45, 7) is 2.04. The molecule has 2 rings (SSSR count). The highest BCUT2D eigenvalue weighted by Crippen LogP contribution is 2.17. The topological polar surface area (TPSA) is 41.1 Å². The van der Waals surface area contributed by atoms with Crippen LogP contribution in [0.3, 0.4) is 0 Å². The zero-order valence-corrected chi connectivity index (χ0v) is 11.5. The number of hydrogen-bond acceptors (Lipinski definition) is 2. The summed E-state index contributed by atoms with van der Waals surface area (Å²) < 4.78 is 12.8. The maximum Gasteiger partial charge on any atom is 0.255 e. The van der Waals surface area contributed by atoms with E-state index in [1.54, 1.807) is 0 Å². The molecule has 3 nitrogen and oxygen atoms in total. The van der Waals surface area contributed by atoms with Crippen molar-refractivity contribution in [1.29, 1.82) is 0 Å². The van der Waals surface area contributed by atoms with Crippen molar-refractivity contribution in [3.8, 4) is 0 Å². The van der Waals surface area contributed by atoms with Gasteiger partial charge in [0.15, 0.2) is 0 Å². The molecule has 0 aliphatic carbocycles. The summed E-state index contributed by atoms with van der Waals surface area (Å²) in [6, 6.07) is 13.3. The van der Waals surface area contributed by atoms with E-state index >= 15 is 0 Å². The lowest BCUT2D eigenvalue weighted by Gasteiger charge is -2.12. The molecule has 0 saturated carbocycles. The third kappa shape index (κ3) is 3.42. The van der Waals surface area contributed by atoms with Crippen molar-refractivity contribution < 1.29 is 9.18 Å². The lowest BCUT2D eigenvalue weighted by Crippen LogP contribution is -2.14. The van der Waals surface area contributed by atoms with Gasteiger partial charge in [-0.2, -0.15) is 0 Å². The van der Waals surface area contributed by atoms with Gasteiger partial charge < -0.3 is 10.6 Å². The fourth-order valence-corrected chi connectivity index (χ4v) is 1.86. The summed E-state index contributed by atoms with van der Waals surface area (Å²) in [5, 5.41) is 5.95. The lowest BCUT2D eigenvalue weighted by molar-refractivity contribution is 0.102. The van der Waals surface area contributed by atoms with E-state index in [4.69, 9.17) is 0 Å². The van der Waals surface area contributed by atoms with Crippen LogP contribution in [0.5, 0.6) is 0 Å². The first-order chi connectivity index (χ1) is 9.60. The third-order valence-corrected chi connectivity index (χ3v) is 3.18. The van der Waals surface area contributed by atoms with E-state index in [-0.39, 0.29) is 17.8 Å². The molecule has 104 valence electrons. The Balaban J connectivity index is 2.13. The predicted molar refractivity (Wildman–Crippen MR) is 78.3 cm³/mol. The number of carbonyl (C=O) groups is 1. The van der Waals surface area contributed by atoms with Crippen molar-refractivity contribution in [1.82, 2.24) is 5.32 Å². The quantitative estimate of drug-likeness (QED) is 0.896. The lowest BCUT2D eigenvalue weighted by atomic mass is 10.1. The Morgan fingerprint density at radius 2 is 1.85 bits per heavy atom. The van der Waals surface area contributed by atoms with Crippen LogP contribution in [0.1, 0.15) is 28.9 Å². The van der Waals surface area contributed by atoms with Crippen molar-refractivity contribution in [3.63, 3.8) is 0 Å². The van der Waals surface area contributed by atoms with E-state index in [0.29, 0.717) is 5.56 Å². The molecule has 4 heteroatoms. The monoisotopic (exact) mass is 272 g/mol. The summed E-state index contributed by atoms with van der Waals surface area (Å²) in [6.07, 6.45) is 0. The van der Waals surface area contributed by atoms with Crippen LogP contribution < -0.4 is 10.6 Å². The summed E-state index contributed by atoms with van der Waals surface area (Å²) >= 11 is 0. The van der Waals surface area contributed by atoms with E-state index in [9.17, 15) is 9.18 Å². The van der Waals surface area contributed by atoms with Crippen molar-refractivity contribution in [3.05, 3.63) is 65.5 Å². The summed E-state index contributed by atoms with van der Waals surface area (Å²) in [4.78, 5) is 12.0. The zero-order chi connectivity index (χ0) is 14.5. The Bertz CT molecular complexity index is 596. The van der Waals surface area contributed by atoms with Crippen LogP contribution >= 0.6 is 0 Å². The first-order valence-corrected chi connectivity index (χ1v) is 6.44. The van der Waals surface area contributed by atoms with Gasteiger partial charge in [-0.3, -0.25) is 4.79 Å². The van der Waals surface area contributed by atoms with Crippen LogP contribution in [-0.4, -0.2) is 13.0 Å². The number of halogens is 1. The molecular formula is C16H17FN2O. The standard InChI is InChI=1S/C16H17FN2O/c1-11(18-2)13-4-3-5-15(10-13)19-16(20)12-6-8-14(17)9-7-12/h3-11,18H,1-2H3,(H,19,20). The maximum atomic E-state index is 12.8. The molecule has 0 heterocycles. The third-order valence-electron chi connectivity index (χ3n) is 3.18. The Kier molecular flexibility index (Phi) is 4.48. The number of nitrogens with one attached hydrogen (secondary N) is 2. The summed E-state index contributed by atoms with van der Waals surface area (Å²) in [5.74, 6) is -0.606. The predicted octanol–water partition coefficient (Wildman–Crippen LogP) is 3.36. The minimum Gasteiger partial charge on any atom is -0.322 e. The highest BCUT2D eigenvalue weighted by Gasteiger charge is 2.08. The molecule has 0 radical (unpaired) electrons. The number of amides is 1. The molecule has 1 amide bonds. The normalized spacial score (nSPS) is 11.9. The van der Waals surface area contributed by atoms with Crippen molar-refractivity contribution in [2.24, 2.45) is 0 Å². The second-order valence-corrected chi connectivity index (χ2v) is 4.60. The highest BCUT2D eigenvalue weighted by atomic mass is 19.1. The second kappa shape index (κ2) is 6.30. The van der Waals surface area contributed by atoms with Crippen molar-refractivity contribution in [2.75, 3.05) is 12.4 Å². The molecule has 2 aromatic rings. The minimum absolute atomic E-state index is 0.206. The smallest absolute Gasteiger partial charge is 0.255 e. The molecule has 0 spiro atoms. The van der Waals surface area contributed by atoms with Gasteiger partial charge in [0, 0.05) is 17.3 Å². The van der Waals surface area contributed by atoms with Crippen molar-refractivity contribution in [2.45, 2.75) is 13.0 Å². The fourth-order valence-electron chi connectivity index (χ4n) is 1.86. The van der Waals surface area contributed by atoms with Crippen LogP contribution in [0, 0.1) is 5.82 Å². The number of carbonyl (C=O) groups excluding carboxylic acids is 1. The van der Waals surface area contributed by atoms with E-state index in [0.717, 1.165) is 11.3 Å². The average Bonchev–Trinajstić information content (AvgIpc) is 2.47. The van der Waals surface area contributed by atoms with Gasteiger partial charge in [-0.25, -0.2) is 4.39 Å². The number of hydrogen-bond donors (Lipinski definition) is 2. The Morgan fingerprint density at radius 1 is 1.15 bits per heavy atom. The SMILES string of the molecule is CNC(C)c1cccc(NC(=O)c2ccc(F)cc2)c1. The molecule has 0 aliphatic heterocycles. The molecule has 2 N–H and O–H groups in total. The fraction of sp³-hybridized carbons (Fsp3) is 0.188. The van der Waals surface area contributed by atoms with Gasteiger partial charge in [0.25, 0.3) is 5.91 Å². The minimum atomic E-state index is -0.355. The Labute approximate surface area is 117 Å². The zero-order valence-electron chi connectivity index (χ0n) is 11.5. The first kappa shape index (κ1) is 14.2. The molecule has 0 fully saturated rings. The molecule has 0 aliphatic rings. The molecule has 0 bridgehead atoms. The Hall–Kier alpha value is -2.20. The van der Waals surface area contributed by atoms with Crippen molar-refractivity contribution >= 4 is 11.6 Å². The molecule has 0 saturated heterocycles. The van der Waals surface area contributed by atoms with Gasteiger partial charge >= 0.3 is 0 Å². The molecule has 0 aromatic heterocycles. The van der Waals surface area contributed by atoms with Crippen LogP contribution in [-0.2, 0) is 0 Å². The van der Waals surface area contributed by atoms with Crippen LogP contribution in [0.15, 0.2) is 48.5 Å². The van der Waals surface area contributed by atoms with E-state index in [2.05, 4.69) is 10.6 Å². The van der Waals surface area contributed by atoms with Gasteiger partial charge in [0.2, 0.25) is 0 Å². The summed E-state index contributed by atoms with van der Waals surface area (Å²) in [7, 11) is 1.88. The van der Waals surface area contributed by atoms with E-state index in [1.807, 2.05) is 38.2 Å².